The number of hydrogen-bond acceptors (Lipinski definition) is 27. The van der Waals surface area contributed by atoms with E-state index >= 15 is 4.79 Å². The smallest absolute Gasteiger partial charge is 0.229 e. The van der Waals surface area contributed by atoms with Crippen molar-refractivity contribution >= 4 is 5.78 Å². The molecule has 3 fully saturated rings. The van der Waals surface area contributed by atoms with Gasteiger partial charge in [0.15, 0.2) is 17.3 Å². The summed E-state index contributed by atoms with van der Waals surface area (Å²) in [5.74, 6) is -8.19. The molecule has 484 valence electrons. The fraction of sp³-hybridized carbons (Fsp3) is 0.413. The number of aliphatic hydroxyl groups is 12. The minimum absolute atomic E-state index is 0.0265. The number of rotatable bonds is 20. The van der Waals surface area contributed by atoms with Crippen LogP contribution in [0.4, 0.5) is 0 Å². The Morgan fingerprint density at radius 3 is 1.41 bits per heavy atom. The highest BCUT2D eigenvalue weighted by molar-refractivity contribution is 6.04. The summed E-state index contributed by atoms with van der Waals surface area (Å²) < 4.78 is 41.6. The van der Waals surface area contributed by atoms with Gasteiger partial charge in [-0.25, -0.2) is 0 Å². The van der Waals surface area contributed by atoms with Crippen LogP contribution in [0, 0.1) is 0 Å². The monoisotopic (exact) mass is 1260 g/mol. The third kappa shape index (κ3) is 13.2. The van der Waals surface area contributed by atoms with Gasteiger partial charge in [0.1, 0.15) is 137 Å². The Balaban J connectivity index is 1.16. The van der Waals surface area contributed by atoms with Gasteiger partial charge in [-0.2, -0.15) is 0 Å². The minimum atomic E-state index is -1.99. The molecule has 27 heteroatoms. The van der Waals surface area contributed by atoms with E-state index in [2.05, 4.69) is 0 Å². The maximum Gasteiger partial charge on any atom is 0.229 e. The van der Waals surface area contributed by atoms with Gasteiger partial charge in [0, 0.05) is 46.2 Å². The van der Waals surface area contributed by atoms with Crippen LogP contribution in [0.3, 0.4) is 0 Å². The third-order valence-electron chi connectivity index (χ3n) is 16.8. The Labute approximate surface area is 512 Å². The topological polar surface area (TPSA) is 466 Å². The molecule has 90 heavy (non-hydrogen) atoms. The average molecular weight is 1260 g/mol. The molecule has 0 aromatic heterocycles. The molecule has 0 bridgehead atoms. The van der Waals surface area contributed by atoms with Crippen molar-refractivity contribution in [2.45, 2.75) is 142 Å². The van der Waals surface area contributed by atoms with Gasteiger partial charge in [-0.15, -0.1) is 0 Å². The van der Waals surface area contributed by atoms with E-state index in [4.69, 9.17) is 33.2 Å². The van der Waals surface area contributed by atoms with E-state index in [-0.39, 0.29) is 76.5 Å². The van der Waals surface area contributed by atoms with Crippen molar-refractivity contribution < 1.29 is 135 Å². The molecule has 6 aromatic rings. The van der Waals surface area contributed by atoms with Gasteiger partial charge in [0.05, 0.1) is 26.2 Å². The number of ether oxygens (including phenoxy) is 7. The average Bonchev–Trinajstić information content (AvgIpc) is 0.739. The quantitative estimate of drug-likeness (QED) is 0.0492. The maximum atomic E-state index is 15.3. The van der Waals surface area contributed by atoms with E-state index in [0.29, 0.717) is 11.1 Å². The normalized spacial score (nSPS) is 29.1. The van der Waals surface area contributed by atoms with Crippen LogP contribution in [0.25, 0.3) is 0 Å². The van der Waals surface area contributed by atoms with E-state index in [1.54, 1.807) is 24.3 Å². The standard InChI is InChI=1S/C63H70O27/c64-23-43-49(73)54(78)57(81)61(88-43)84-32-13-17-33(38(71)21-32)35(14-5-26-1-8-29(67)9-2-26)46-52(76)47(36(15-6-27-3-10-30(68)11-4-27)34-16-12-31(69)20-41(34)86-62-58(82)55(79)50(74)44(24-65)89-62)60-48(53(46)77)39(72)22-40(85-60)28-7-18-37(70)42(19-28)87-63-59(83)56(80)51(75)45(25-66)90-63/h1-4,7-13,16-21,35-36,40,43-45,49-51,54-59,61-71,73-83H,5-6,14-15,22-25H2/t35-,36+,40+,43-,44-,45-,49-,50-,51-,54+,55+,56+,57-,58-,59-,61-,62-,63-/m1/s1. The molecule has 18 atom stereocenters. The second kappa shape index (κ2) is 27.3. The van der Waals surface area contributed by atoms with Crippen LogP contribution in [0.2, 0.25) is 0 Å². The van der Waals surface area contributed by atoms with Crippen molar-refractivity contribution in [1.82, 2.24) is 0 Å². The second-order valence-corrected chi connectivity index (χ2v) is 22.6. The van der Waals surface area contributed by atoms with Crippen LogP contribution in [0.15, 0.2) is 103 Å². The zero-order valence-corrected chi connectivity index (χ0v) is 47.6. The molecule has 0 amide bonds. The van der Waals surface area contributed by atoms with E-state index < -0.39 is 188 Å². The van der Waals surface area contributed by atoms with E-state index in [1.165, 1.54) is 60.7 Å². The van der Waals surface area contributed by atoms with Gasteiger partial charge < -0.3 is 130 Å². The highest BCUT2D eigenvalue weighted by Gasteiger charge is 2.49. The first-order valence-corrected chi connectivity index (χ1v) is 28.8. The molecule has 4 aliphatic rings. The Morgan fingerprint density at radius 2 is 0.911 bits per heavy atom. The number of phenols is 7. The van der Waals surface area contributed by atoms with E-state index in [1.807, 2.05) is 0 Å². The Bertz CT molecular complexity index is 3470. The molecule has 10 rings (SSSR count). The van der Waals surface area contributed by atoms with Crippen LogP contribution >= 0.6 is 0 Å². The molecule has 0 aliphatic carbocycles. The number of carbonyl (C=O) groups is 1. The van der Waals surface area contributed by atoms with Gasteiger partial charge in [-0.3, -0.25) is 4.79 Å². The van der Waals surface area contributed by atoms with Gasteiger partial charge in [-0.05, 0) is 90.9 Å². The molecule has 0 unspecified atom stereocenters. The summed E-state index contributed by atoms with van der Waals surface area (Å²) in [5.41, 5.74) is 0.151. The number of ketones is 1. The first-order chi connectivity index (χ1) is 43.0. The molecule has 3 saturated heterocycles. The Kier molecular flexibility index (Phi) is 19.8. The molecule has 19 N–H and O–H groups in total. The second-order valence-electron chi connectivity index (χ2n) is 22.6. The largest absolute Gasteiger partial charge is 0.508 e. The van der Waals surface area contributed by atoms with Crippen molar-refractivity contribution in [2.75, 3.05) is 19.8 Å². The number of aromatic hydroxyl groups is 7. The first kappa shape index (κ1) is 65.2. The molecule has 0 saturated carbocycles. The third-order valence-corrected chi connectivity index (χ3v) is 16.8. The zero-order chi connectivity index (χ0) is 64.6. The highest BCUT2D eigenvalue weighted by Crippen LogP contribution is 2.58. The molecule has 0 spiro atoms. The number of aliphatic hydroxyl groups excluding tert-OH is 12. The summed E-state index contributed by atoms with van der Waals surface area (Å²) in [6.07, 6.45) is -28.4. The minimum Gasteiger partial charge on any atom is -0.508 e. The lowest BCUT2D eigenvalue weighted by atomic mass is 9.76. The van der Waals surface area contributed by atoms with Crippen LogP contribution in [-0.4, -0.2) is 215 Å². The van der Waals surface area contributed by atoms with Crippen molar-refractivity contribution in [3.63, 3.8) is 0 Å². The number of Topliss-reactive ketones (excluding diaryl/α,β-unsaturated/α-hetero) is 1. The zero-order valence-electron chi connectivity index (χ0n) is 47.6. The maximum absolute atomic E-state index is 15.3. The summed E-state index contributed by atoms with van der Waals surface area (Å²) >= 11 is 0. The lowest BCUT2D eigenvalue weighted by Crippen LogP contribution is -2.60. The van der Waals surface area contributed by atoms with E-state index in [9.17, 15) is 97.0 Å². The molecular weight excluding hydrogens is 1190 g/mol. The van der Waals surface area contributed by atoms with Crippen molar-refractivity contribution in [2.24, 2.45) is 0 Å². The summed E-state index contributed by atoms with van der Waals surface area (Å²) in [7, 11) is 0. The van der Waals surface area contributed by atoms with Gasteiger partial charge in [0.2, 0.25) is 18.9 Å². The van der Waals surface area contributed by atoms with Crippen molar-refractivity contribution in [3.8, 4) is 63.2 Å². The number of hydrogen-bond donors (Lipinski definition) is 19. The molecule has 27 nitrogen and oxygen atoms in total. The fourth-order valence-corrected chi connectivity index (χ4v) is 11.8. The SMILES string of the molecule is O=C1C[C@@H](c2ccc(O)c(O[C@@H]3O[C@H](CO)[C@@H](O)[C@H](O)[C@H]3O)c2)Oc2c1c(O)c([C@H](CCc1ccc(O)cc1)c1ccc(O[C@@H]3O[C@H](CO)[C@@H](O)[C@H](O)[C@H]3O)cc1O)c(O)c2[C@@H](CCc1ccc(O)cc1)c1ccc(O)cc1O[C@@H]1O[C@H](CO)[C@@H](O)[C@H](O)[C@H]1O. The summed E-state index contributed by atoms with van der Waals surface area (Å²) in [6.45, 7) is -2.44. The fourth-order valence-electron chi connectivity index (χ4n) is 11.8. The van der Waals surface area contributed by atoms with Crippen LogP contribution in [0.1, 0.15) is 86.5 Å². The van der Waals surface area contributed by atoms with E-state index in [0.717, 1.165) is 18.2 Å². The first-order valence-electron chi connectivity index (χ1n) is 28.8. The number of carbonyl (C=O) groups excluding carboxylic acids is 1. The number of phenolic OH excluding ortho intramolecular Hbond substituents is 7. The highest BCUT2D eigenvalue weighted by atomic mass is 16.7. The van der Waals surface area contributed by atoms with Crippen molar-refractivity contribution in [1.29, 1.82) is 0 Å². The summed E-state index contributed by atoms with van der Waals surface area (Å²) in [4.78, 5) is 15.3. The van der Waals surface area contributed by atoms with Crippen LogP contribution in [0.5, 0.6) is 63.2 Å². The van der Waals surface area contributed by atoms with Gasteiger partial charge in [-0.1, -0.05) is 42.5 Å². The van der Waals surface area contributed by atoms with Crippen molar-refractivity contribution in [3.05, 3.63) is 148 Å². The van der Waals surface area contributed by atoms with Crippen LogP contribution in [-0.2, 0) is 27.1 Å². The molecule has 6 aromatic carbocycles. The predicted octanol–water partition coefficient (Wildman–Crippen LogP) is 0.398. The molecular formula is C63H70O27. The predicted molar refractivity (Wildman–Crippen MR) is 306 cm³/mol. The molecule has 4 aliphatic heterocycles. The van der Waals surface area contributed by atoms with Gasteiger partial charge in [0.25, 0.3) is 0 Å². The summed E-state index contributed by atoms with van der Waals surface area (Å²) in [5, 5.41) is 208. The Morgan fingerprint density at radius 1 is 0.444 bits per heavy atom. The lowest BCUT2D eigenvalue weighted by molar-refractivity contribution is -0.277. The number of benzene rings is 6. The van der Waals surface area contributed by atoms with Gasteiger partial charge >= 0.3 is 0 Å². The summed E-state index contributed by atoms with van der Waals surface area (Å²) in [6, 6.07) is 23.2. The number of fused-ring (bicyclic) bond motifs is 1. The lowest BCUT2D eigenvalue weighted by Gasteiger charge is -2.40. The Hall–Kier alpha value is -7.81. The molecule has 4 heterocycles. The number of aryl methyl sites for hydroxylation is 2. The van der Waals surface area contributed by atoms with Crippen LogP contribution < -0.4 is 18.9 Å². The molecule has 0 radical (unpaired) electrons.